The lowest BCUT2D eigenvalue weighted by molar-refractivity contribution is 0.0950. The van der Waals surface area contributed by atoms with E-state index in [1.807, 2.05) is 0 Å². The molecule has 61 valence electrons. The van der Waals surface area contributed by atoms with Crippen LogP contribution in [0, 0.1) is 12.8 Å². The lowest BCUT2D eigenvalue weighted by Crippen LogP contribution is -2.18. The van der Waals surface area contributed by atoms with Crippen LogP contribution in [0.1, 0.15) is 39.5 Å². The summed E-state index contributed by atoms with van der Waals surface area (Å²) >= 11 is 0. The summed E-state index contributed by atoms with van der Waals surface area (Å²) in [6, 6.07) is 0. The van der Waals surface area contributed by atoms with Crippen molar-refractivity contribution in [3.63, 3.8) is 0 Å². The van der Waals surface area contributed by atoms with Crippen molar-refractivity contribution in [2.24, 2.45) is 5.92 Å². The van der Waals surface area contributed by atoms with E-state index in [-0.39, 0.29) is 6.10 Å². The largest absolute Gasteiger partial charge is 0.393 e. The normalized spacial score (nSPS) is 14.1. The van der Waals surface area contributed by atoms with Gasteiger partial charge in [-0.25, -0.2) is 0 Å². The second-order valence-electron chi connectivity index (χ2n) is 2.79. The maximum atomic E-state index is 9.47. The molecule has 1 atom stereocenters. The summed E-state index contributed by atoms with van der Waals surface area (Å²) in [4.78, 5) is 0. The van der Waals surface area contributed by atoms with E-state index in [2.05, 4.69) is 20.8 Å². The third kappa shape index (κ3) is 3.21. The average molecular weight is 143 g/mol. The summed E-state index contributed by atoms with van der Waals surface area (Å²) in [6.07, 6.45) is 3.74. The molecule has 1 heteroatoms. The van der Waals surface area contributed by atoms with Crippen LogP contribution in [0.2, 0.25) is 0 Å². The van der Waals surface area contributed by atoms with Gasteiger partial charge >= 0.3 is 0 Å². The van der Waals surface area contributed by atoms with Crippen LogP contribution in [-0.4, -0.2) is 11.2 Å². The number of aliphatic hydroxyl groups is 1. The first-order valence-electron chi connectivity index (χ1n) is 4.23. The van der Waals surface area contributed by atoms with E-state index in [1.54, 1.807) is 0 Å². The van der Waals surface area contributed by atoms with Gasteiger partial charge in [-0.05, 0) is 12.3 Å². The summed E-state index contributed by atoms with van der Waals surface area (Å²) in [5.41, 5.74) is 0. The van der Waals surface area contributed by atoms with Gasteiger partial charge < -0.3 is 5.11 Å². The Balaban J connectivity index is 3.53. The zero-order valence-electron chi connectivity index (χ0n) is 7.14. The second-order valence-corrected chi connectivity index (χ2v) is 2.79. The molecule has 0 rings (SSSR count). The fourth-order valence-corrected chi connectivity index (χ4v) is 1.28. The van der Waals surface area contributed by atoms with E-state index in [0.717, 1.165) is 25.7 Å². The fraction of sp³-hybridized carbons (Fsp3) is 0.889. The molecule has 0 aromatic rings. The van der Waals surface area contributed by atoms with E-state index < -0.39 is 0 Å². The molecule has 0 heterocycles. The van der Waals surface area contributed by atoms with E-state index in [9.17, 15) is 5.11 Å². The van der Waals surface area contributed by atoms with Crippen LogP contribution in [0.15, 0.2) is 0 Å². The molecule has 0 saturated heterocycles. The zero-order chi connectivity index (χ0) is 7.98. The van der Waals surface area contributed by atoms with E-state index in [0.29, 0.717) is 5.92 Å². The highest BCUT2D eigenvalue weighted by molar-refractivity contribution is 4.66. The van der Waals surface area contributed by atoms with Gasteiger partial charge in [0.25, 0.3) is 0 Å². The molecule has 0 aliphatic rings. The molecule has 0 bridgehead atoms. The van der Waals surface area contributed by atoms with Crippen molar-refractivity contribution in [1.82, 2.24) is 0 Å². The summed E-state index contributed by atoms with van der Waals surface area (Å²) < 4.78 is 0. The number of hydrogen-bond donors (Lipinski definition) is 1. The van der Waals surface area contributed by atoms with Gasteiger partial charge in [0, 0.05) is 0 Å². The van der Waals surface area contributed by atoms with E-state index in [4.69, 9.17) is 0 Å². The maximum Gasteiger partial charge on any atom is 0.0568 e. The van der Waals surface area contributed by atoms with Crippen molar-refractivity contribution in [3.05, 3.63) is 6.92 Å². The molecule has 1 nitrogen and oxygen atoms in total. The van der Waals surface area contributed by atoms with Gasteiger partial charge in [0.15, 0.2) is 0 Å². The summed E-state index contributed by atoms with van der Waals surface area (Å²) in [6.45, 7) is 7.97. The Kier molecular flexibility index (Phi) is 5.70. The van der Waals surface area contributed by atoms with Crippen LogP contribution >= 0.6 is 0 Å². The molecule has 1 radical (unpaired) electrons. The minimum atomic E-state index is -0.118. The van der Waals surface area contributed by atoms with Crippen LogP contribution in [0.4, 0.5) is 0 Å². The highest BCUT2D eigenvalue weighted by Crippen LogP contribution is 2.16. The molecule has 0 fully saturated rings. The van der Waals surface area contributed by atoms with Crippen LogP contribution in [-0.2, 0) is 0 Å². The first-order valence-corrected chi connectivity index (χ1v) is 4.23. The highest BCUT2D eigenvalue weighted by Gasteiger charge is 2.13. The van der Waals surface area contributed by atoms with Gasteiger partial charge in [-0.3, -0.25) is 0 Å². The number of aliphatic hydroxyl groups excluding tert-OH is 1. The van der Waals surface area contributed by atoms with Crippen molar-refractivity contribution in [2.75, 3.05) is 0 Å². The van der Waals surface area contributed by atoms with Crippen LogP contribution in [0.25, 0.3) is 0 Å². The molecule has 0 aromatic carbocycles. The summed E-state index contributed by atoms with van der Waals surface area (Å²) in [7, 11) is 0. The van der Waals surface area contributed by atoms with Gasteiger partial charge in [0.05, 0.1) is 6.10 Å². The monoisotopic (exact) mass is 143 g/mol. The van der Waals surface area contributed by atoms with Gasteiger partial charge in [-0.2, -0.15) is 0 Å². The SMILES string of the molecule is [CH2]CCC(O)C(CC)CC. The van der Waals surface area contributed by atoms with Crippen molar-refractivity contribution < 1.29 is 5.11 Å². The summed E-state index contributed by atoms with van der Waals surface area (Å²) in [5, 5.41) is 9.47. The molecular weight excluding hydrogens is 124 g/mol. The van der Waals surface area contributed by atoms with Gasteiger partial charge in [-0.15, -0.1) is 0 Å². The number of rotatable bonds is 5. The third-order valence-electron chi connectivity index (χ3n) is 2.09. The smallest absolute Gasteiger partial charge is 0.0568 e. The Morgan fingerprint density at radius 2 is 1.80 bits per heavy atom. The molecule has 0 saturated carbocycles. The van der Waals surface area contributed by atoms with Crippen molar-refractivity contribution in [3.8, 4) is 0 Å². The van der Waals surface area contributed by atoms with E-state index in [1.165, 1.54) is 0 Å². The maximum absolute atomic E-state index is 9.47. The van der Waals surface area contributed by atoms with Gasteiger partial charge in [0.2, 0.25) is 0 Å². The standard InChI is InChI=1S/C9H19O/c1-4-7-9(10)8(5-2)6-3/h8-10H,1,4-7H2,2-3H3. The molecule has 0 amide bonds. The van der Waals surface area contributed by atoms with Crippen LogP contribution in [0.5, 0.6) is 0 Å². The Morgan fingerprint density at radius 1 is 1.30 bits per heavy atom. The van der Waals surface area contributed by atoms with Gasteiger partial charge in [0.1, 0.15) is 0 Å². The highest BCUT2D eigenvalue weighted by atomic mass is 16.3. The fourth-order valence-electron chi connectivity index (χ4n) is 1.28. The molecule has 1 unspecified atom stereocenters. The minimum Gasteiger partial charge on any atom is -0.393 e. The Morgan fingerprint density at radius 3 is 2.10 bits per heavy atom. The first kappa shape index (κ1) is 9.96. The van der Waals surface area contributed by atoms with E-state index >= 15 is 0 Å². The molecule has 0 aromatic heterocycles. The Hall–Kier alpha value is -0.0400. The van der Waals surface area contributed by atoms with Crippen molar-refractivity contribution in [2.45, 2.75) is 45.6 Å². The zero-order valence-corrected chi connectivity index (χ0v) is 7.14. The first-order chi connectivity index (χ1) is 4.76. The molecule has 0 aliphatic heterocycles. The molecule has 0 aliphatic carbocycles. The number of hydrogen-bond acceptors (Lipinski definition) is 1. The topological polar surface area (TPSA) is 20.2 Å². The minimum absolute atomic E-state index is 0.118. The van der Waals surface area contributed by atoms with Crippen molar-refractivity contribution in [1.29, 1.82) is 0 Å². The lowest BCUT2D eigenvalue weighted by Gasteiger charge is -2.18. The molecular formula is C9H19O. The van der Waals surface area contributed by atoms with Crippen molar-refractivity contribution >= 4 is 0 Å². The lowest BCUT2D eigenvalue weighted by atomic mass is 9.94. The van der Waals surface area contributed by atoms with Gasteiger partial charge in [-0.1, -0.05) is 40.0 Å². The molecule has 10 heavy (non-hydrogen) atoms. The third-order valence-corrected chi connectivity index (χ3v) is 2.09. The molecule has 1 N–H and O–H groups in total. The predicted molar refractivity (Wildman–Crippen MR) is 44.7 cm³/mol. The Labute approximate surface area is 64.5 Å². The average Bonchev–Trinajstić information content (AvgIpc) is 1.91. The quantitative estimate of drug-likeness (QED) is 0.626. The Bertz CT molecular complexity index is 67.1. The van der Waals surface area contributed by atoms with Crippen LogP contribution in [0.3, 0.4) is 0 Å². The van der Waals surface area contributed by atoms with Crippen LogP contribution < -0.4 is 0 Å². The summed E-state index contributed by atoms with van der Waals surface area (Å²) in [5.74, 6) is 0.488. The predicted octanol–water partition coefficient (Wildman–Crippen LogP) is 2.40. The second kappa shape index (κ2) is 5.72. The molecule has 0 spiro atoms.